The molecule has 3 aromatic carbocycles. The summed E-state index contributed by atoms with van der Waals surface area (Å²) < 4.78 is 7.68. The Morgan fingerprint density at radius 1 is 1.00 bits per heavy atom. The van der Waals surface area contributed by atoms with Gasteiger partial charge in [0.25, 0.3) is 5.91 Å². The molecule has 32 heavy (non-hydrogen) atoms. The van der Waals surface area contributed by atoms with Gasteiger partial charge in [-0.25, -0.2) is 0 Å². The van der Waals surface area contributed by atoms with Gasteiger partial charge < -0.3 is 10.1 Å². The Balaban J connectivity index is 1.33. The fourth-order valence-corrected chi connectivity index (χ4v) is 3.51. The predicted molar refractivity (Wildman–Crippen MR) is 127 cm³/mol. The number of carbonyl (C=O) groups is 1. The number of carbonyl (C=O) groups excluding carboxylic acids is 1. The lowest BCUT2D eigenvalue weighted by molar-refractivity contribution is 0.102. The number of aromatic nitrogens is 2. The van der Waals surface area contributed by atoms with E-state index in [0.29, 0.717) is 24.4 Å². The number of nitrogens with one attached hydrogen (secondary N) is 1. The lowest BCUT2D eigenvalue weighted by Crippen LogP contribution is -2.11. The summed E-state index contributed by atoms with van der Waals surface area (Å²) in [7, 11) is 0. The van der Waals surface area contributed by atoms with E-state index in [-0.39, 0.29) is 5.91 Å². The molecule has 162 valence electrons. The zero-order chi connectivity index (χ0) is 22.5. The van der Waals surface area contributed by atoms with Gasteiger partial charge in [0.1, 0.15) is 12.4 Å². The van der Waals surface area contributed by atoms with Crippen LogP contribution in [-0.4, -0.2) is 15.7 Å². The molecule has 0 saturated heterocycles. The van der Waals surface area contributed by atoms with Gasteiger partial charge in [-0.05, 0) is 60.4 Å². The molecule has 1 amide bonds. The molecule has 0 radical (unpaired) electrons. The maximum absolute atomic E-state index is 12.6. The molecule has 0 aliphatic carbocycles. The van der Waals surface area contributed by atoms with E-state index in [9.17, 15) is 4.79 Å². The van der Waals surface area contributed by atoms with Crippen molar-refractivity contribution in [2.75, 3.05) is 5.32 Å². The number of anilines is 1. The maximum Gasteiger partial charge on any atom is 0.255 e. The van der Waals surface area contributed by atoms with E-state index in [1.165, 1.54) is 0 Å². The number of halogens is 1. The van der Waals surface area contributed by atoms with E-state index in [4.69, 9.17) is 16.3 Å². The first kappa shape index (κ1) is 21.7. The van der Waals surface area contributed by atoms with Crippen molar-refractivity contribution in [3.8, 4) is 5.75 Å². The highest BCUT2D eigenvalue weighted by Crippen LogP contribution is 2.26. The fraction of sp³-hybridized carbons (Fsp3) is 0.154. The van der Waals surface area contributed by atoms with Crippen LogP contribution in [0.25, 0.3) is 0 Å². The molecule has 1 heterocycles. The molecule has 0 fully saturated rings. The van der Waals surface area contributed by atoms with E-state index in [2.05, 4.69) is 10.4 Å². The second-order valence-corrected chi connectivity index (χ2v) is 8.10. The number of amides is 1. The van der Waals surface area contributed by atoms with Crippen LogP contribution in [0.2, 0.25) is 5.02 Å². The summed E-state index contributed by atoms with van der Waals surface area (Å²) >= 11 is 6.21. The van der Waals surface area contributed by atoms with Gasteiger partial charge in [0.2, 0.25) is 0 Å². The third-order valence-corrected chi connectivity index (χ3v) is 5.71. The summed E-state index contributed by atoms with van der Waals surface area (Å²) in [6.45, 7) is 4.98. The number of benzene rings is 3. The highest BCUT2D eigenvalue weighted by molar-refractivity contribution is 6.32. The number of hydrogen-bond acceptors (Lipinski definition) is 3. The number of nitrogens with zero attached hydrogens (tertiary/aromatic N) is 2. The van der Waals surface area contributed by atoms with Gasteiger partial charge in [0.05, 0.1) is 18.4 Å². The summed E-state index contributed by atoms with van der Waals surface area (Å²) in [6.07, 6.45) is 3.47. The molecule has 0 saturated carbocycles. The number of rotatable bonds is 7. The average Bonchev–Trinajstić information content (AvgIpc) is 3.23. The van der Waals surface area contributed by atoms with Crippen LogP contribution < -0.4 is 10.1 Å². The molecule has 1 N–H and O–H groups in total. The van der Waals surface area contributed by atoms with Crippen LogP contribution in [0.15, 0.2) is 79.1 Å². The number of hydrogen-bond donors (Lipinski definition) is 1. The molecule has 0 aliphatic heterocycles. The Labute approximate surface area is 192 Å². The molecular formula is C26H24ClN3O2. The second kappa shape index (κ2) is 9.71. The minimum atomic E-state index is -0.180. The zero-order valence-electron chi connectivity index (χ0n) is 18.0. The predicted octanol–water partition coefficient (Wildman–Crippen LogP) is 6.03. The second-order valence-electron chi connectivity index (χ2n) is 7.72. The van der Waals surface area contributed by atoms with Gasteiger partial charge in [0, 0.05) is 16.8 Å². The van der Waals surface area contributed by atoms with Gasteiger partial charge >= 0.3 is 0 Å². The van der Waals surface area contributed by atoms with Crippen molar-refractivity contribution in [2.24, 2.45) is 0 Å². The van der Waals surface area contributed by atoms with Gasteiger partial charge in [-0.15, -0.1) is 0 Å². The van der Waals surface area contributed by atoms with Crippen LogP contribution in [0.1, 0.15) is 32.6 Å². The quantitative estimate of drug-likeness (QED) is 0.377. The van der Waals surface area contributed by atoms with Gasteiger partial charge in [0.15, 0.2) is 0 Å². The smallest absolute Gasteiger partial charge is 0.255 e. The molecule has 0 spiro atoms. The van der Waals surface area contributed by atoms with E-state index in [1.807, 2.05) is 74.6 Å². The van der Waals surface area contributed by atoms with Crippen LogP contribution >= 0.6 is 11.6 Å². The Hall–Kier alpha value is -3.57. The largest absolute Gasteiger partial charge is 0.489 e. The third kappa shape index (κ3) is 5.37. The average molecular weight is 446 g/mol. The monoisotopic (exact) mass is 445 g/mol. The van der Waals surface area contributed by atoms with Crippen molar-refractivity contribution >= 4 is 23.2 Å². The van der Waals surface area contributed by atoms with Crippen molar-refractivity contribution in [3.63, 3.8) is 0 Å². The van der Waals surface area contributed by atoms with Gasteiger partial charge in [-0.3, -0.25) is 9.48 Å². The minimum absolute atomic E-state index is 0.180. The summed E-state index contributed by atoms with van der Waals surface area (Å²) in [4.78, 5) is 12.6. The summed E-state index contributed by atoms with van der Waals surface area (Å²) in [5.41, 5.74) is 5.33. The van der Waals surface area contributed by atoms with E-state index >= 15 is 0 Å². The summed E-state index contributed by atoms with van der Waals surface area (Å²) in [5, 5.41) is 7.98. The summed E-state index contributed by atoms with van der Waals surface area (Å²) in [5.74, 6) is 0.597. The lowest BCUT2D eigenvalue weighted by atomic mass is 10.1. The molecule has 0 atom stereocenters. The normalized spacial score (nSPS) is 10.7. The molecule has 4 rings (SSSR count). The van der Waals surface area contributed by atoms with Crippen LogP contribution in [-0.2, 0) is 13.2 Å². The first-order valence-corrected chi connectivity index (χ1v) is 10.7. The van der Waals surface area contributed by atoms with Crippen LogP contribution in [0.5, 0.6) is 5.75 Å². The first-order valence-electron chi connectivity index (χ1n) is 10.3. The Morgan fingerprint density at radius 3 is 2.38 bits per heavy atom. The molecule has 6 heteroatoms. The Bertz CT molecular complexity index is 1190. The first-order chi connectivity index (χ1) is 15.5. The third-order valence-electron chi connectivity index (χ3n) is 5.11. The van der Waals surface area contributed by atoms with Crippen molar-refractivity contribution in [3.05, 3.63) is 112 Å². The maximum atomic E-state index is 12.6. The molecule has 0 unspecified atom stereocenters. The lowest BCUT2D eigenvalue weighted by Gasteiger charge is -2.10. The molecule has 1 aromatic heterocycles. The van der Waals surface area contributed by atoms with Gasteiger partial charge in [-0.1, -0.05) is 54.1 Å². The van der Waals surface area contributed by atoms with Crippen LogP contribution in [0.3, 0.4) is 0 Å². The van der Waals surface area contributed by atoms with E-state index < -0.39 is 0 Å². The minimum Gasteiger partial charge on any atom is -0.489 e. The van der Waals surface area contributed by atoms with Crippen molar-refractivity contribution in [1.82, 2.24) is 9.78 Å². The fourth-order valence-electron chi connectivity index (χ4n) is 3.40. The standard InChI is InChI=1S/C26H24ClN3O2/c1-18-12-24(13-19(2)25(18)27)32-17-21-8-10-22(11-9-21)26(31)29-23-14-28-30(16-23)15-20-6-4-3-5-7-20/h3-14,16H,15,17H2,1-2H3,(H,29,31). The van der Waals surface area contributed by atoms with Crippen molar-refractivity contribution in [2.45, 2.75) is 27.0 Å². The van der Waals surface area contributed by atoms with Crippen LogP contribution in [0, 0.1) is 13.8 Å². The molecule has 0 aliphatic rings. The highest BCUT2D eigenvalue weighted by Gasteiger charge is 2.09. The SMILES string of the molecule is Cc1cc(OCc2ccc(C(=O)Nc3cnn(Cc4ccccc4)c3)cc2)cc(C)c1Cl. The number of aryl methyl sites for hydroxylation is 2. The Morgan fingerprint density at radius 2 is 1.69 bits per heavy atom. The zero-order valence-corrected chi connectivity index (χ0v) is 18.8. The summed E-state index contributed by atoms with van der Waals surface area (Å²) in [6, 6.07) is 21.3. The van der Waals surface area contributed by atoms with Crippen LogP contribution in [0.4, 0.5) is 5.69 Å². The Kier molecular flexibility index (Phi) is 6.57. The van der Waals surface area contributed by atoms with Gasteiger partial charge in [-0.2, -0.15) is 5.10 Å². The van der Waals surface area contributed by atoms with E-state index in [0.717, 1.165) is 33.0 Å². The topological polar surface area (TPSA) is 56.1 Å². The van der Waals surface area contributed by atoms with Crippen molar-refractivity contribution < 1.29 is 9.53 Å². The number of ether oxygens (including phenoxy) is 1. The van der Waals surface area contributed by atoms with E-state index in [1.54, 1.807) is 23.0 Å². The molecule has 0 bridgehead atoms. The molecule has 5 nitrogen and oxygen atoms in total. The molecule has 4 aromatic rings. The highest BCUT2D eigenvalue weighted by atomic mass is 35.5. The van der Waals surface area contributed by atoms with Crippen molar-refractivity contribution in [1.29, 1.82) is 0 Å². The molecular weight excluding hydrogens is 422 g/mol.